The summed E-state index contributed by atoms with van der Waals surface area (Å²) in [6.45, 7) is 3.61. The number of hydrogen-bond acceptors (Lipinski definition) is 7. The van der Waals surface area contributed by atoms with Crippen molar-refractivity contribution in [1.29, 1.82) is 0 Å². The van der Waals surface area contributed by atoms with Gasteiger partial charge in [-0.3, -0.25) is 14.1 Å². The maximum atomic E-state index is 12.5. The average Bonchev–Trinajstić information content (AvgIpc) is 3.94. The van der Waals surface area contributed by atoms with E-state index in [1.807, 2.05) is 6.08 Å². The summed E-state index contributed by atoms with van der Waals surface area (Å²) in [5.74, 6) is -0.956. The summed E-state index contributed by atoms with van der Waals surface area (Å²) in [5, 5.41) is 0. The number of epoxide rings is 1. The molecule has 0 aliphatic carbocycles. The van der Waals surface area contributed by atoms with Gasteiger partial charge < -0.3 is 24.0 Å². The second-order valence-electron chi connectivity index (χ2n) is 15.8. The Kier molecular flexibility index (Phi) is 35.5. The van der Waals surface area contributed by atoms with Crippen LogP contribution in [0.15, 0.2) is 48.6 Å². The molecule has 0 aromatic carbocycles. The predicted molar refractivity (Wildman–Crippen MR) is 234 cm³/mol. The topological polar surface area (TPSA) is 132 Å². The first kappa shape index (κ1) is 53.0. The van der Waals surface area contributed by atoms with Gasteiger partial charge in [-0.05, 0) is 77.0 Å². The molecule has 0 aromatic heterocycles. The highest BCUT2D eigenvalue weighted by Gasteiger charge is 2.36. The molecule has 1 rings (SSSR count). The molecule has 0 radical (unpaired) electrons. The van der Waals surface area contributed by atoms with E-state index in [2.05, 4.69) is 60.9 Å². The van der Waals surface area contributed by atoms with Crippen LogP contribution in [0.5, 0.6) is 0 Å². The Labute approximate surface area is 348 Å². The van der Waals surface area contributed by atoms with Gasteiger partial charge in [-0.1, -0.05) is 165 Å². The normalized spacial score (nSPS) is 16.4. The van der Waals surface area contributed by atoms with Crippen LogP contribution >= 0.6 is 7.82 Å². The van der Waals surface area contributed by atoms with Crippen LogP contribution in [0.4, 0.5) is 0 Å². The van der Waals surface area contributed by atoms with Crippen molar-refractivity contribution in [3.8, 4) is 0 Å². The zero-order valence-corrected chi connectivity index (χ0v) is 37.1. The standard InChI is InChI=1S/C47H83O9P/c1-3-5-7-9-11-13-14-15-16-17-18-19-20-21-22-23-24-26-28-30-36-40-47(49)55-43(42-54-57(50,51)52)41-53-46(48)39-35-32-31-34-38-45-44(56-45)37-33-29-27-25-12-10-8-6-4-2/h12,15-16,25,29,31,33-34,43-45H,3-11,13-14,17-24,26-28,30,32,35-42H2,1-2H3,(H2,50,51,52)/b16-15-,25-12-,33-29-,34-31-/t43-,44?,45?/m1/s1. The Morgan fingerprint density at radius 1 is 0.544 bits per heavy atom. The lowest BCUT2D eigenvalue weighted by Gasteiger charge is -2.18. The molecule has 0 aromatic rings. The number of phosphoric acid groups is 1. The monoisotopic (exact) mass is 823 g/mol. The van der Waals surface area contributed by atoms with E-state index in [-0.39, 0.29) is 31.7 Å². The molecule has 10 heteroatoms. The number of carbonyl (C=O) groups is 2. The van der Waals surface area contributed by atoms with Crippen molar-refractivity contribution in [3.63, 3.8) is 0 Å². The van der Waals surface area contributed by atoms with E-state index in [9.17, 15) is 14.2 Å². The van der Waals surface area contributed by atoms with Crippen molar-refractivity contribution in [1.82, 2.24) is 0 Å². The third-order valence-corrected chi connectivity index (χ3v) is 10.7. The van der Waals surface area contributed by atoms with E-state index in [0.29, 0.717) is 19.3 Å². The van der Waals surface area contributed by atoms with Gasteiger partial charge in [-0.15, -0.1) is 0 Å². The molecule has 57 heavy (non-hydrogen) atoms. The van der Waals surface area contributed by atoms with E-state index in [1.165, 1.54) is 116 Å². The van der Waals surface area contributed by atoms with Crippen LogP contribution in [0, 0.1) is 0 Å². The minimum Gasteiger partial charge on any atom is -0.462 e. The first-order valence-electron chi connectivity index (χ1n) is 23.1. The summed E-state index contributed by atoms with van der Waals surface area (Å²) < 4.78 is 32.2. The van der Waals surface area contributed by atoms with Crippen molar-refractivity contribution in [2.45, 2.75) is 225 Å². The minimum absolute atomic E-state index is 0.183. The highest BCUT2D eigenvalue weighted by molar-refractivity contribution is 7.46. The second-order valence-corrected chi connectivity index (χ2v) is 17.0. The Morgan fingerprint density at radius 3 is 1.54 bits per heavy atom. The summed E-state index contributed by atoms with van der Waals surface area (Å²) in [4.78, 5) is 43.0. The van der Waals surface area contributed by atoms with Gasteiger partial charge in [-0.2, -0.15) is 0 Å². The largest absolute Gasteiger partial charge is 0.469 e. The number of carbonyl (C=O) groups excluding carboxylic acids is 2. The highest BCUT2D eigenvalue weighted by Crippen LogP contribution is 2.36. The minimum atomic E-state index is -4.78. The molecule has 0 saturated carbocycles. The van der Waals surface area contributed by atoms with Crippen LogP contribution in [0.1, 0.15) is 206 Å². The summed E-state index contributed by atoms with van der Waals surface area (Å²) in [5.41, 5.74) is 0. The zero-order valence-electron chi connectivity index (χ0n) is 36.2. The molecular weight excluding hydrogens is 739 g/mol. The lowest BCUT2D eigenvalue weighted by molar-refractivity contribution is -0.161. The molecule has 1 aliphatic rings. The van der Waals surface area contributed by atoms with Crippen molar-refractivity contribution < 1.29 is 42.7 Å². The Bertz CT molecular complexity index is 1130. The molecule has 2 N–H and O–H groups in total. The number of rotatable bonds is 41. The van der Waals surface area contributed by atoms with Crippen LogP contribution in [0.25, 0.3) is 0 Å². The van der Waals surface area contributed by atoms with Gasteiger partial charge >= 0.3 is 19.8 Å². The third-order valence-electron chi connectivity index (χ3n) is 10.2. The number of hydrogen-bond donors (Lipinski definition) is 2. The molecule has 1 fully saturated rings. The maximum Gasteiger partial charge on any atom is 0.469 e. The number of phosphoric ester groups is 1. The second kappa shape index (κ2) is 38.2. The maximum absolute atomic E-state index is 12.5. The van der Waals surface area contributed by atoms with Gasteiger partial charge in [0.05, 0.1) is 18.8 Å². The molecule has 9 nitrogen and oxygen atoms in total. The molecule has 3 atom stereocenters. The summed E-state index contributed by atoms with van der Waals surface area (Å²) in [6.07, 6.45) is 50.1. The molecule has 1 aliphatic heterocycles. The van der Waals surface area contributed by atoms with Crippen LogP contribution < -0.4 is 0 Å². The van der Waals surface area contributed by atoms with Crippen LogP contribution in [0.2, 0.25) is 0 Å². The van der Waals surface area contributed by atoms with E-state index in [1.54, 1.807) is 0 Å². The molecule has 1 saturated heterocycles. The summed E-state index contributed by atoms with van der Waals surface area (Å²) in [6, 6.07) is 0. The summed E-state index contributed by atoms with van der Waals surface area (Å²) >= 11 is 0. The average molecular weight is 823 g/mol. The number of ether oxygens (including phenoxy) is 3. The molecule has 0 spiro atoms. The molecule has 0 amide bonds. The molecule has 330 valence electrons. The van der Waals surface area contributed by atoms with Gasteiger partial charge in [0.2, 0.25) is 0 Å². The van der Waals surface area contributed by atoms with Gasteiger partial charge in [0.1, 0.15) is 6.61 Å². The fourth-order valence-corrected chi connectivity index (χ4v) is 7.00. The third kappa shape index (κ3) is 38.0. The highest BCUT2D eigenvalue weighted by atomic mass is 31.2. The first-order valence-corrected chi connectivity index (χ1v) is 24.6. The molecule has 0 bridgehead atoms. The van der Waals surface area contributed by atoms with Crippen molar-refractivity contribution in [2.75, 3.05) is 13.2 Å². The fourth-order valence-electron chi connectivity index (χ4n) is 6.64. The first-order chi connectivity index (χ1) is 27.7. The lowest BCUT2D eigenvalue weighted by Crippen LogP contribution is -2.29. The lowest BCUT2D eigenvalue weighted by atomic mass is 10.0. The van der Waals surface area contributed by atoms with Crippen LogP contribution in [-0.2, 0) is 32.9 Å². The molecule has 1 heterocycles. The van der Waals surface area contributed by atoms with Gasteiger partial charge in [0.25, 0.3) is 0 Å². The number of unbranched alkanes of at least 4 members (excludes halogenated alkanes) is 21. The van der Waals surface area contributed by atoms with E-state index < -0.39 is 32.5 Å². The van der Waals surface area contributed by atoms with Gasteiger partial charge in [-0.25, -0.2) is 4.57 Å². The number of esters is 2. The van der Waals surface area contributed by atoms with Gasteiger partial charge in [0, 0.05) is 12.8 Å². The van der Waals surface area contributed by atoms with E-state index in [0.717, 1.165) is 44.9 Å². The SMILES string of the molecule is CCCCC/C=C\C/C=C\CC1OC1C/C=C\CCCC(=O)OC[C@H](COP(=O)(O)O)OC(=O)CCCCCCCCCCCCC/C=C\CCCCCCCC. The Morgan fingerprint density at radius 2 is 0.965 bits per heavy atom. The van der Waals surface area contributed by atoms with Crippen molar-refractivity contribution in [3.05, 3.63) is 48.6 Å². The van der Waals surface area contributed by atoms with E-state index >= 15 is 0 Å². The van der Waals surface area contributed by atoms with Crippen molar-refractivity contribution >= 4 is 19.8 Å². The summed E-state index contributed by atoms with van der Waals surface area (Å²) in [7, 11) is -4.78. The quantitative estimate of drug-likeness (QED) is 0.0203. The Hall–Kier alpha value is -2.03. The Balaban J connectivity index is 2.06. The fraction of sp³-hybridized carbons (Fsp3) is 0.787. The van der Waals surface area contributed by atoms with Crippen molar-refractivity contribution in [2.24, 2.45) is 0 Å². The molecular formula is C47H83O9P. The predicted octanol–water partition coefficient (Wildman–Crippen LogP) is 13.3. The zero-order chi connectivity index (χ0) is 41.5. The van der Waals surface area contributed by atoms with E-state index in [4.69, 9.17) is 24.0 Å². The molecule has 2 unspecified atom stereocenters. The smallest absolute Gasteiger partial charge is 0.462 e. The van der Waals surface area contributed by atoms with Gasteiger partial charge in [0.15, 0.2) is 6.10 Å². The van der Waals surface area contributed by atoms with Crippen LogP contribution in [-0.4, -0.2) is 53.3 Å². The van der Waals surface area contributed by atoms with Crippen LogP contribution in [0.3, 0.4) is 0 Å². The number of allylic oxidation sites excluding steroid dienone is 6.